The van der Waals surface area contributed by atoms with Gasteiger partial charge in [-0.3, -0.25) is 4.79 Å². The van der Waals surface area contributed by atoms with Crippen molar-refractivity contribution in [3.8, 4) is 0 Å². The molecule has 0 aromatic rings. The molecule has 0 fully saturated rings. The van der Waals surface area contributed by atoms with Gasteiger partial charge in [-0.2, -0.15) is 11.8 Å². The fourth-order valence-electron chi connectivity index (χ4n) is 0.765. The number of nitrogens with two attached hydrogens (primary N) is 1. The molecular formula is C10H21NO2S. The van der Waals surface area contributed by atoms with Crippen molar-refractivity contribution in [2.75, 3.05) is 12.4 Å². The lowest BCUT2D eigenvalue weighted by atomic mass is 10.2. The van der Waals surface area contributed by atoms with Crippen molar-refractivity contribution in [1.82, 2.24) is 0 Å². The SMILES string of the molecule is CCOC(=O)C(N)CSC(C)C(C)C. The monoisotopic (exact) mass is 219 g/mol. The fourth-order valence-corrected chi connectivity index (χ4v) is 1.80. The fraction of sp³-hybridized carbons (Fsp3) is 0.900. The molecule has 0 bridgehead atoms. The van der Waals surface area contributed by atoms with Crippen molar-refractivity contribution in [2.24, 2.45) is 11.7 Å². The van der Waals surface area contributed by atoms with E-state index in [0.717, 1.165) is 0 Å². The van der Waals surface area contributed by atoms with E-state index in [4.69, 9.17) is 10.5 Å². The average molecular weight is 219 g/mol. The Balaban J connectivity index is 3.72. The van der Waals surface area contributed by atoms with Crippen LogP contribution in [0.3, 0.4) is 0 Å². The zero-order valence-corrected chi connectivity index (χ0v) is 10.3. The number of rotatable bonds is 6. The second kappa shape index (κ2) is 7.12. The lowest BCUT2D eigenvalue weighted by molar-refractivity contribution is -0.144. The summed E-state index contributed by atoms with van der Waals surface area (Å²) in [7, 11) is 0. The molecule has 2 atom stereocenters. The molecule has 4 heteroatoms. The standard InChI is InChI=1S/C10H21NO2S/c1-5-13-10(12)9(11)6-14-8(4)7(2)3/h7-9H,5-6,11H2,1-4H3. The van der Waals surface area contributed by atoms with E-state index in [1.165, 1.54) is 0 Å². The van der Waals surface area contributed by atoms with Gasteiger partial charge in [-0.1, -0.05) is 20.8 Å². The van der Waals surface area contributed by atoms with Gasteiger partial charge in [-0.15, -0.1) is 0 Å². The van der Waals surface area contributed by atoms with Crippen LogP contribution in [-0.4, -0.2) is 29.6 Å². The molecule has 0 aromatic heterocycles. The molecule has 0 aromatic carbocycles. The zero-order chi connectivity index (χ0) is 11.1. The van der Waals surface area contributed by atoms with Crippen LogP contribution in [0.4, 0.5) is 0 Å². The minimum absolute atomic E-state index is 0.295. The molecule has 0 aliphatic heterocycles. The van der Waals surface area contributed by atoms with Crippen LogP contribution < -0.4 is 5.73 Å². The normalized spacial score (nSPS) is 15.3. The molecule has 0 heterocycles. The molecule has 0 rings (SSSR count). The van der Waals surface area contributed by atoms with Gasteiger partial charge in [-0.05, 0) is 12.8 Å². The summed E-state index contributed by atoms with van der Waals surface area (Å²) in [6.07, 6.45) is 0. The molecule has 0 aliphatic carbocycles. The highest BCUT2D eigenvalue weighted by atomic mass is 32.2. The molecule has 3 nitrogen and oxygen atoms in total. The van der Waals surface area contributed by atoms with Gasteiger partial charge in [-0.25, -0.2) is 0 Å². The zero-order valence-electron chi connectivity index (χ0n) is 9.45. The van der Waals surface area contributed by atoms with Crippen LogP contribution in [0.5, 0.6) is 0 Å². The van der Waals surface area contributed by atoms with Gasteiger partial charge < -0.3 is 10.5 Å². The molecule has 84 valence electrons. The lowest BCUT2D eigenvalue weighted by Crippen LogP contribution is -2.35. The van der Waals surface area contributed by atoms with Gasteiger partial charge in [0.25, 0.3) is 0 Å². The van der Waals surface area contributed by atoms with E-state index in [1.54, 1.807) is 18.7 Å². The Morgan fingerprint density at radius 2 is 2.00 bits per heavy atom. The second-order valence-electron chi connectivity index (χ2n) is 3.64. The Morgan fingerprint density at radius 3 is 2.43 bits per heavy atom. The van der Waals surface area contributed by atoms with E-state index < -0.39 is 6.04 Å². The number of hydrogen-bond acceptors (Lipinski definition) is 4. The Morgan fingerprint density at radius 1 is 1.43 bits per heavy atom. The summed E-state index contributed by atoms with van der Waals surface area (Å²) in [5, 5.41) is 0.524. The van der Waals surface area contributed by atoms with E-state index in [1.807, 2.05) is 0 Å². The largest absolute Gasteiger partial charge is 0.465 e. The average Bonchev–Trinajstić information content (AvgIpc) is 2.13. The van der Waals surface area contributed by atoms with Gasteiger partial charge in [0.1, 0.15) is 6.04 Å². The van der Waals surface area contributed by atoms with Gasteiger partial charge in [0.05, 0.1) is 6.61 Å². The van der Waals surface area contributed by atoms with Gasteiger partial charge >= 0.3 is 5.97 Å². The van der Waals surface area contributed by atoms with Crippen molar-refractivity contribution in [3.63, 3.8) is 0 Å². The Kier molecular flexibility index (Phi) is 7.01. The van der Waals surface area contributed by atoms with Crippen LogP contribution in [0.25, 0.3) is 0 Å². The van der Waals surface area contributed by atoms with Crippen LogP contribution in [0, 0.1) is 5.92 Å². The first-order valence-electron chi connectivity index (χ1n) is 5.02. The third-order valence-electron chi connectivity index (χ3n) is 2.07. The van der Waals surface area contributed by atoms with Crippen molar-refractivity contribution in [3.05, 3.63) is 0 Å². The molecule has 0 saturated carbocycles. The predicted octanol–water partition coefficient (Wildman–Crippen LogP) is 1.65. The molecule has 0 amide bonds. The first-order valence-corrected chi connectivity index (χ1v) is 6.07. The highest BCUT2D eigenvalue weighted by molar-refractivity contribution is 7.99. The van der Waals surface area contributed by atoms with E-state index in [9.17, 15) is 4.79 Å². The molecule has 0 aliphatic rings. The summed E-state index contributed by atoms with van der Waals surface area (Å²) in [6.45, 7) is 8.65. The third kappa shape index (κ3) is 5.50. The molecule has 2 N–H and O–H groups in total. The van der Waals surface area contributed by atoms with Gasteiger partial charge in [0.2, 0.25) is 0 Å². The number of carbonyl (C=O) groups excluding carboxylic acids is 1. The minimum atomic E-state index is -0.485. The topological polar surface area (TPSA) is 52.3 Å². The maximum atomic E-state index is 11.2. The highest BCUT2D eigenvalue weighted by Gasteiger charge is 2.16. The maximum Gasteiger partial charge on any atom is 0.323 e. The third-order valence-corrected chi connectivity index (χ3v) is 3.69. The smallest absolute Gasteiger partial charge is 0.323 e. The van der Waals surface area contributed by atoms with Crippen molar-refractivity contribution in [2.45, 2.75) is 39.0 Å². The minimum Gasteiger partial charge on any atom is -0.465 e. The number of hydrogen-bond donors (Lipinski definition) is 1. The Hall–Kier alpha value is -0.220. The Labute approximate surface area is 90.8 Å². The molecule has 0 saturated heterocycles. The lowest BCUT2D eigenvalue weighted by Gasteiger charge is -2.17. The van der Waals surface area contributed by atoms with Crippen LogP contribution in [0.2, 0.25) is 0 Å². The van der Waals surface area contributed by atoms with Gasteiger partial charge in [0, 0.05) is 11.0 Å². The Bertz CT molecular complexity index is 174. The quantitative estimate of drug-likeness (QED) is 0.690. The number of ether oxygens (including phenoxy) is 1. The molecule has 2 unspecified atom stereocenters. The van der Waals surface area contributed by atoms with Crippen LogP contribution in [0.1, 0.15) is 27.7 Å². The van der Waals surface area contributed by atoms with E-state index >= 15 is 0 Å². The van der Waals surface area contributed by atoms with Crippen LogP contribution in [0.15, 0.2) is 0 Å². The summed E-state index contributed by atoms with van der Waals surface area (Å²) in [5.41, 5.74) is 5.66. The summed E-state index contributed by atoms with van der Waals surface area (Å²) in [5.74, 6) is 0.948. The maximum absolute atomic E-state index is 11.2. The molecule has 0 radical (unpaired) electrons. The number of esters is 1. The second-order valence-corrected chi connectivity index (χ2v) is 5.05. The molecule has 0 spiro atoms. The predicted molar refractivity (Wildman–Crippen MR) is 61.4 cm³/mol. The first-order chi connectivity index (χ1) is 6.49. The first kappa shape index (κ1) is 13.8. The van der Waals surface area contributed by atoms with Crippen molar-refractivity contribution >= 4 is 17.7 Å². The highest BCUT2D eigenvalue weighted by Crippen LogP contribution is 2.19. The summed E-state index contributed by atoms with van der Waals surface area (Å²) < 4.78 is 4.82. The molecular weight excluding hydrogens is 198 g/mol. The van der Waals surface area contributed by atoms with E-state index in [2.05, 4.69) is 20.8 Å². The van der Waals surface area contributed by atoms with Gasteiger partial charge in [0.15, 0.2) is 0 Å². The summed E-state index contributed by atoms with van der Waals surface area (Å²) in [4.78, 5) is 11.2. The number of thioether (sulfide) groups is 1. The van der Waals surface area contributed by atoms with Crippen LogP contribution in [-0.2, 0) is 9.53 Å². The summed E-state index contributed by atoms with van der Waals surface area (Å²) >= 11 is 1.72. The van der Waals surface area contributed by atoms with E-state index in [0.29, 0.717) is 23.5 Å². The number of carbonyl (C=O) groups is 1. The summed E-state index contributed by atoms with van der Waals surface area (Å²) in [6, 6.07) is -0.485. The van der Waals surface area contributed by atoms with Crippen molar-refractivity contribution in [1.29, 1.82) is 0 Å². The van der Waals surface area contributed by atoms with Crippen LogP contribution >= 0.6 is 11.8 Å². The van der Waals surface area contributed by atoms with E-state index in [-0.39, 0.29) is 5.97 Å². The van der Waals surface area contributed by atoms with Crippen molar-refractivity contribution < 1.29 is 9.53 Å². The molecule has 14 heavy (non-hydrogen) atoms.